The van der Waals surface area contributed by atoms with Crippen LogP contribution in [0.5, 0.6) is 0 Å². The van der Waals surface area contributed by atoms with Gasteiger partial charge in [-0.1, -0.05) is 64.1 Å². The van der Waals surface area contributed by atoms with Crippen LogP contribution in [0.25, 0.3) is 0 Å². The summed E-state index contributed by atoms with van der Waals surface area (Å²) in [5.41, 5.74) is 6.01. The summed E-state index contributed by atoms with van der Waals surface area (Å²) in [5.74, 6) is 1.31. The summed E-state index contributed by atoms with van der Waals surface area (Å²) in [5, 5.41) is 0. The zero-order valence-corrected chi connectivity index (χ0v) is 17.6. The van der Waals surface area contributed by atoms with E-state index in [1.807, 2.05) is 0 Å². The zero-order chi connectivity index (χ0) is 19.2. The molecule has 3 rings (SSSR count). The first-order valence-electron chi connectivity index (χ1n) is 10.9. The Morgan fingerprint density at radius 1 is 0.667 bits per heavy atom. The lowest BCUT2D eigenvalue weighted by atomic mass is 9.85. The van der Waals surface area contributed by atoms with Gasteiger partial charge in [0.05, 0.1) is 6.67 Å². The van der Waals surface area contributed by atoms with E-state index in [1.54, 1.807) is 16.8 Å². The van der Waals surface area contributed by atoms with E-state index in [0.717, 1.165) is 19.8 Å². The molecule has 2 aromatic rings. The molecule has 2 heteroatoms. The van der Waals surface area contributed by atoms with Gasteiger partial charge in [-0.15, -0.1) is 0 Å². The van der Waals surface area contributed by atoms with Crippen LogP contribution >= 0.6 is 0 Å². The number of para-hydroxylation sites is 2. The van der Waals surface area contributed by atoms with E-state index in [1.165, 1.54) is 31.4 Å². The molecule has 0 atom stereocenters. The van der Waals surface area contributed by atoms with Gasteiger partial charge in [-0.05, 0) is 60.8 Å². The number of nitrogens with zero attached hydrogens (tertiary/aromatic N) is 2. The Labute approximate surface area is 166 Å². The third-order valence-corrected chi connectivity index (χ3v) is 6.37. The van der Waals surface area contributed by atoms with E-state index in [-0.39, 0.29) is 0 Å². The first-order chi connectivity index (χ1) is 13.2. The molecule has 2 nitrogen and oxygen atoms in total. The molecule has 1 aliphatic rings. The molecule has 0 aliphatic carbocycles. The number of anilines is 2. The van der Waals surface area contributed by atoms with Gasteiger partial charge in [0.2, 0.25) is 0 Å². The third-order valence-electron chi connectivity index (χ3n) is 6.37. The summed E-state index contributed by atoms with van der Waals surface area (Å²) in [4.78, 5) is 5.16. The first kappa shape index (κ1) is 19.8. The predicted octanol–water partition coefficient (Wildman–Crippen LogP) is 6.78. The van der Waals surface area contributed by atoms with Gasteiger partial charge in [-0.3, -0.25) is 0 Å². The Bertz CT molecular complexity index is 671. The molecule has 0 amide bonds. The van der Waals surface area contributed by atoms with E-state index in [4.69, 9.17) is 0 Å². The summed E-state index contributed by atoms with van der Waals surface area (Å²) in [6.07, 6.45) is 4.86. The van der Waals surface area contributed by atoms with Crippen molar-refractivity contribution in [3.8, 4) is 0 Å². The summed E-state index contributed by atoms with van der Waals surface area (Å²) in [6.45, 7) is 12.5. The molecule has 0 bridgehead atoms. The van der Waals surface area contributed by atoms with Crippen LogP contribution in [-0.2, 0) is 0 Å². The van der Waals surface area contributed by atoms with Gasteiger partial charge in [0.1, 0.15) is 0 Å². The first-order valence-corrected chi connectivity index (χ1v) is 10.9. The van der Waals surface area contributed by atoms with E-state index < -0.39 is 0 Å². The molecule has 146 valence electrons. The van der Waals surface area contributed by atoms with E-state index in [2.05, 4.69) is 86.0 Å². The van der Waals surface area contributed by atoms with Crippen molar-refractivity contribution in [2.24, 2.45) is 0 Å². The number of hydrogen-bond acceptors (Lipinski definition) is 2. The average Bonchev–Trinajstić information content (AvgIpc) is 3.20. The molecule has 0 aromatic heterocycles. The molecule has 1 saturated heterocycles. The lowest BCUT2D eigenvalue weighted by Crippen LogP contribution is -2.27. The highest BCUT2D eigenvalue weighted by Gasteiger charge is 2.27. The van der Waals surface area contributed by atoms with Gasteiger partial charge in [0.15, 0.2) is 0 Å². The van der Waals surface area contributed by atoms with E-state index in [9.17, 15) is 0 Å². The third kappa shape index (κ3) is 4.15. The van der Waals surface area contributed by atoms with Crippen LogP contribution < -0.4 is 9.80 Å². The molecule has 2 aromatic carbocycles. The fourth-order valence-electron chi connectivity index (χ4n) is 4.68. The van der Waals surface area contributed by atoms with Gasteiger partial charge in [0, 0.05) is 24.5 Å². The number of benzene rings is 2. The van der Waals surface area contributed by atoms with Crippen molar-refractivity contribution in [1.29, 1.82) is 0 Å². The standard InChI is InChI=1S/C25H36N2/c1-5-20(6-2)23-15-12-16-24(21(7-3)8-4)25(23)27-18-17-26(19-27)22-13-10-9-11-14-22/h9-16,20-21H,5-8,17-19H2,1-4H3. The Hall–Kier alpha value is -1.96. The average molecular weight is 365 g/mol. The Kier molecular flexibility index (Phi) is 6.82. The lowest BCUT2D eigenvalue weighted by molar-refractivity contribution is 0.620. The maximum Gasteiger partial charge on any atom is 0.0904 e. The topological polar surface area (TPSA) is 6.48 Å². The molecule has 0 saturated carbocycles. The van der Waals surface area contributed by atoms with Gasteiger partial charge in [-0.2, -0.15) is 0 Å². The summed E-state index contributed by atoms with van der Waals surface area (Å²) >= 11 is 0. The summed E-state index contributed by atoms with van der Waals surface area (Å²) < 4.78 is 0. The highest BCUT2D eigenvalue weighted by atomic mass is 15.4. The molecule has 0 unspecified atom stereocenters. The molecule has 0 N–H and O–H groups in total. The second kappa shape index (κ2) is 9.30. The lowest BCUT2D eigenvalue weighted by Gasteiger charge is -2.31. The van der Waals surface area contributed by atoms with Gasteiger partial charge < -0.3 is 9.80 Å². The van der Waals surface area contributed by atoms with Crippen molar-refractivity contribution >= 4 is 11.4 Å². The molecule has 0 radical (unpaired) electrons. The maximum absolute atomic E-state index is 2.65. The molecule has 1 aliphatic heterocycles. The normalized spacial score (nSPS) is 14.6. The van der Waals surface area contributed by atoms with Crippen LogP contribution in [0.1, 0.15) is 76.3 Å². The monoisotopic (exact) mass is 364 g/mol. The fourth-order valence-corrected chi connectivity index (χ4v) is 4.68. The van der Waals surface area contributed by atoms with Crippen molar-refractivity contribution < 1.29 is 0 Å². The smallest absolute Gasteiger partial charge is 0.0904 e. The van der Waals surface area contributed by atoms with E-state index >= 15 is 0 Å². The molecular formula is C25H36N2. The van der Waals surface area contributed by atoms with Gasteiger partial charge in [0.25, 0.3) is 0 Å². The number of rotatable bonds is 8. The highest BCUT2D eigenvalue weighted by molar-refractivity contribution is 5.65. The fraction of sp³-hybridized carbons (Fsp3) is 0.520. The zero-order valence-electron chi connectivity index (χ0n) is 17.6. The minimum Gasteiger partial charge on any atom is -0.352 e. The van der Waals surface area contributed by atoms with Crippen LogP contribution in [-0.4, -0.2) is 19.8 Å². The van der Waals surface area contributed by atoms with E-state index in [0.29, 0.717) is 11.8 Å². The molecule has 1 fully saturated rings. The molecule has 27 heavy (non-hydrogen) atoms. The SMILES string of the molecule is CCC(CC)c1cccc(C(CC)CC)c1N1CCN(c2ccccc2)C1. The minimum absolute atomic E-state index is 0.653. The van der Waals surface area contributed by atoms with Crippen molar-refractivity contribution in [2.75, 3.05) is 29.6 Å². The molecular weight excluding hydrogens is 328 g/mol. The Morgan fingerprint density at radius 2 is 1.19 bits per heavy atom. The van der Waals surface area contributed by atoms with Crippen molar-refractivity contribution in [1.82, 2.24) is 0 Å². The van der Waals surface area contributed by atoms with Crippen LogP contribution in [0.3, 0.4) is 0 Å². The van der Waals surface area contributed by atoms with Crippen LogP contribution in [0.4, 0.5) is 11.4 Å². The number of hydrogen-bond donors (Lipinski definition) is 0. The highest BCUT2D eigenvalue weighted by Crippen LogP contribution is 2.41. The van der Waals surface area contributed by atoms with Crippen LogP contribution in [0.15, 0.2) is 48.5 Å². The van der Waals surface area contributed by atoms with Crippen molar-refractivity contribution in [3.63, 3.8) is 0 Å². The largest absolute Gasteiger partial charge is 0.352 e. The summed E-state index contributed by atoms with van der Waals surface area (Å²) in [6, 6.07) is 17.9. The van der Waals surface area contributed by atoms with Crippen molar-refractivity contribution in [3.05, 3.63) is 59.7 Å². The Morgan fingerprint density at radius 3 is 1.70 bits per heavy atom. The van der Waals surface area contributed by atoms with Gasteiger partial charge >= 0.3 is 0 Å². The predicted molar refractivity (Wildman–Crippen MR) is 119 cm³/mol. The van der Waals surface area contributed by atoms with Crippen LogP contribution in [0, 0.1) is 0 Å². The molecule has 0 spiro atoms. The minimum atomic E-state index is 0.653. The van der Waals surface area contributed by atoms with Crippen molar-refractivity contribution in [2.45, 2.75) is 65.2 Å². The quantitative estimate of drug-likeness (QED) is 0.509. The molecule has 1 heterocycles. The Balaban J connectivity index is 1.99. The summed E-state index contributed by atoms with van der Waals surface area (Å²) in [7, 11) is 0. The van der Waals surface area contributed by atoms with Crippen LogP contribution in [0.2, 0.25) is 0 Å². The van der Waals surface area contributed by atoms with Gasteiger partial charge in [-0.25, -0.2) is 0 Å². The second-order valence-corrected chi connectivity index (χ2v) is 7.82. The second-order valence-electron chi connectivity index (χ2n) is 7.82. The maximum atomic E-state index is 2.65.